The number of nitrogens with zero attached hydrogens (tertiary/aromatic N) is 1. The minimum atomic E-state index is -0.209. The lowest BCUT2D eigenvalue weighted by Crippen LogP contribution is -2.42. The molecule has 6 heteroatoms. The Morgan fingerprint density at radius 1 is 1.43 bits per heavy atom. The van der Waals surface area contributed by atoms with Crippen molar-refractivity contribution >= 4 is 17.5 Å². The molecule has 0 radical (unpaired) electrons. The van der Waals surface area contributed by atoms with E-state index < -0.39 is 0 Å². The molecule has 23 heavy (non-hydrogen) atoms. The summed E-state index contributed by atoms with van der Waals surface area (Å²) in [6.45, 7) is 3.82. The Morgan fingerprint density at radius 3 is 3.04 bits per heavy atom. The van der Waals surface area contributed by atoms with Crippen molar-refractivity contribution in [2.24, 2.45) is 0 Å². The van der Waals surface area contributed by atoms with Crippen LogP contribution in [-0.4, -0.2) is 23.5 Å². The summed E-state index contributed by atoms with van der Waals surface area (Å²) < 4.78 is 11.6. The van der Waals surface area contributed by atoms with Gasteiger partial charge in [0, 0.05) is 17.8 Å². The highest BCUT2D eigenvalue weighted by Crippen LogP contribution is 2.37. The van der Waals surface area contributed by atoms with Crippen LogP contribution in [0.2, 0.25) is 5.02 Å². The molecule has 2 heterocycles. The number of carbonyl (C=O) groups excluding carboxylic acids is 1. The van der Waals surface area contributed by atoms with Gasteiger partial charge in [-0.1, -0.05) is 30.3 Å². The zero-order chi connectivity index (χ0) is 16.2. The average molecular weight is 331 g/mol. The summed E-state index contributed by atoms with van der Waals surface area (Å²) in [4.78, 5) is 15.5. The van der Waals surface area contributed by atoms with E-state index in [0.717, 1.165) is 5.56 Å². The predicted octanol–water partition coefficient (Wildman–Crippen LogP) is 3.13. The maximum absolute atomic E-state index is 11.4. The summed E-state index contributed by atoms with van der Waals surface area (Å²) in [6.07, 6.45) is 3.44. The number of hydrogen-bond donors (Lipinski definition) is 1. The maximum atomic E-state index is 11.4. The van der Waals surface area contributed by atoms with Gasteiger partial charge in [0.1, 0.15) is 6.61 Å². The number of hydrogen-bond acceptors (Lipinski definition) is 4. The van der Waals surface area contributed by atoms with Crippen molar-refractivity contribution < 1.29 is 14.3 Å². The highest BCUT2D eigenvalue weighted by Gasteiger charge is 2.23. The van der Waals surface area contributed by atoms with Crippen molar-refractivity contribution in [3.63, 3.8) is 0 Å². The van der Waals surface area contributed by atoms with Gasteiger partial charge in [0.05, 0.1) is 11.1 Å². The van der Waals surface area contributed by atoms with Gasteiger partial charge in [-0.25, -0.2) is 4.98 Å². The first kappa shape index (κ1) is 15.4. The lowest BCUT2D eigenvalue weighted by molar-refractivity contribution is -0.117. The van der Waals surface area contributed by atoms with Gasteiger partial charge in [-0.3, -0.25) is 4.79 Å². The molecule has 1 amide bonds. The standard InChI is InChI=1S/C17H15ClN2O3/c1-2-15(21)20-13-8-11-4-3-5-14(17(11)22-10-13)23-16-7-6-12(18)9-19-16/h2-7,9,13H,1,8,10H2,(H,20,21). The number of nitrogens with one attached hydrogen (secondary N) is 1. The van der Waals surface area contributed by atoms with E-state index in [1.807, 2.05) is 18.2 Å². The van der Waals surface area contributed by atoms with E-state index in [9.17, 15) is 4.79 Å². The molecule has 0 spiro atoms. The molecule has 3 rings (SSSR count). The Bertz CT molecular complexity index is 731. The summed E-state index contributed by atoms with van der Waals surface area (Å²) in [6, 6.07) is 8.96. The van der Waals surface area contributed by atoms with Crippen molar-refractivity contribution in [2.75, 3.05) is 6.61 Å². The first-order chi connectivity index (χ1) is 11.2. The molecule has 0 saturated heterocycles. The van der Waals surface area contributed by atoms with E-state index in [-0.39, 0.29) is 11.9 Å². The summed E-state index contributed by atoms with van der Waals surface area (Å²) in [5.41, 5.74) is 0.970. The van der Waals surface area contributed by atoms with Crippen molar-refractivity contribution in [1.29, 1.82) is 0 Å². The average Bonchev–Trinajstić information content (AvgIpc) is 2.57. The number of pyridine rings is 1. The third-order valence-electron chi connectivity index (χ3n) is 3.40. The smallest absolute Gasteiger partial charge is 0.243 e. The van der Waals surface area contributed by atoms with Crippen LogP contribution in [0.15, 0.2) is 49.2 Å². The van der Waals surface area contributed by atoms with Crippen molar-refractivity contribution in [1.82, 2.24) is 10.3 Å². The third-order valence-corrected chi connectivity index (χ3v) is 3.63. The zero-order valence-corrected chi connectivity index (χ0v) is 13.0. The molecule has 0 bridgehead atoms. The number of aromatic nitrogens is 1. The molecule has 0 fully saturated rings. The van der Waals surface area contributed by atoms with Crippen LogP contribution in [-0.2, 0) is 11.2 Å². The quantitative estimate of drug-likeness (QED) is 0.875. The molecule has 0 saturated carbocycles. The maximum Gasteiger partial charge on any atom is 0.243 e. The van der Waals surface area contributed by atoms with E-state index in [0.29, 0.717) is 35.4 Å². The van der Waals surface area contributed by atoms with Gasteiger partial charge in [-0.05, 0) is 24.6 Å². The van der Waals surface area contributed by atoms with E-state index in [2.05, 4.69) is 16.9 Å². The Kier molecular flexibility index (Phi) is 4.48. The van der Waals surface area contributed by atoms with Crippen LogP contribution >= 0.6 is 11.6 Å². The second-order valence-electron chi connectivity index (χ2n) is 5.09. The molecule has 1 aliphatic rings. The third kappa shape index (κ3) is 3.63. The SMILES string of the molecule is C=CC(=O)NC1COc2c(cccc2Oc2ccc(Cl)cn2)C1. The Labute approximate surface area is 138 Å². The fourth-order valence-electron chi connectivity index (χ4n) is 2.36. The van der Waals surface area contributed by atoms with Gasteiger partial charge < -0.3 is 14.8 Å². The molecule has 1 unspecified atom stereocenters. The number of benzene rings is 1. The lowest BCUT2D eigenvalue weighted by atomic mass is 10.0. The van der Waals surface area contributed by atoms with Gasteiger partial charge in [0.2, 0.25) is 11.8 Å². The van der Waals surface area contributed by atoms with Gasteiger partial charge in [0.15, 0.2) is 11.5 Å². The van der Waals surface area contributed by atoms with Crippen LogP contribution in [0.1, 0.15) is 5.56 Å². The second kappa shape index (κ2) is 6.71. The molecule has 1 N–H and O–H groups in total. The summed E-state index contributed by atoms with van der Waals surface area (Å²) in [7, 11) is 0. The monoisotopic (exact) mass is 330 g/mol. The summed E-state index contributed by atoms with van der Waals surface area (Å²) >= 11 is 5.82. The van der Waals surface area contributed by atoms with Crippen LogP contribution < -0.4 is 14.8 Å². The molecule has 1 aliphatic heterocycles. The van der Waals surface area contributed by atoms with Crippen LogP contribution in [0, 0.1) is 0 Å². The van der Waals surface area contributed by atoms with Gasteiger partial charge in [-0.2, -0.15) is 0 Å². The number of para-hydroxylation sites is 1. The highest BCUT2D eigenvalue weighted by molar-refractivity contribution is 6.30. The van der Waals surface area contributed by atoms with Gasteiger partial charge in [-0.15, -0.1) is 0 Å². The van der Waals surface area contributed by atoms with Crippen LogP contribution in [0.4, 0.5) is 0 Å². The van der Waals surface area contributed by atoms with Crippen LogP contribution in [0.3, 0.4) is 0 Å². The normalized spacial score (nSPS) is 16.0. The minimum absolute atomic E-state index is 0.0862. The van der Waals surface area contributed by atoms with Crippen molar-refractivity contribution in [3.8, 4) is 17.4 Å². The first-order valence-corrected chi connectivity index (χ1v) is 7.50. The zero-order valence-electron chi connectivity index (χ0n) is 12.3. The Hall–Kier alpha value is -2.53. The minimum Gasteiger partial charge on any atom is -0.487 e. The summed E-state index contributed by atoms with van der Waals surface area (Å²) in [5.74, 6) is 1.49. The lowest BCUT2D eigenvalue weighted by Gasteiger charge is -2.27. The Balaban J connectivity index is 1.78. The van der Waals surface area contributed by atoms with Gasteiger partial charge in [0.25, 0.3) is 0 Å². The molecular weight excluding hydrogens is 316 g/mol. The number of fused-ring (bicyclic) bond motifs is 1. The van der Waals surface area contributed by atoms with Crippen molar-refractivity contribution in [2.45, 2.75) is 12.5 Å². The van der Waals surface area contributed by atoms with E-state index in [1.54, 1.807) is 12.1 Å². The highest BCUT2D eigenvalue weighted by atomic mass is 35.5. The Morgan fingerprint density at radius 2 is 2.30 bits per heavy atom. The number of carbonyl (C=O) groups is 1. The molecular formula is C17H15ClN2O3. The van der Waals surface area contributed by atoms with E-state index >= 15 is 0 Å². The van der Waals surface area contributed by atoms with Gasteiger partial charge >= 0.3 is 0 Å². The molecule has 5 nitrogen and oxygen atoms in total. The second-order valence-corrected chi connectivity index (χ2v) is 5.52. The molecule has 2 aromatic rings. The van der Waals surface area contributed by atoms with Crippen molar-refractivity contribution in [3.05, 3.63) is 59.8 Å². The topological polar surface area (TPSA) is 60.5 Å². The fraction of sp³-hybridized carbons (Fsp3) is 0.176. The molecule has 1 aromatic heterocycles. The number of ether oxygens (including phenoxy) is 2. The molecule has 0 aliphatic carbocycles. The first-order valence-electron chi connectivity index (χ1n) is 7.12. The van der Waals surface area contributed by atoms with Crippen LogP contribution in [0.5, 0.6) is 17.4 Å². The number of rotatable bonds is 4. The summed E-state index contributed by atoms with van der Waals surface area (Å²) in [5, 5.41) is 3.38. The molecule has 118 valence electrons. The van der Waals surface area contributed by atoms with E-state index in [1.165, 1.54) is 12.3 Å². The van der Waals surface area contributed by atoms with E-state index in [4.69, 9.17) is 21.1 Å². The fourth-order valence-corrected chi connectivity index (χ4v) is 2.47. The number of amides is 1. The predicted molar refractivity (Wildman–Crippen MR) is 87.1 cm³/mol. The molecule has 1 atom stereocenters. The molecule has 1 aromatic carbocycles. The number of halogens is 1. The van der Waals surface area contributed by atoms with Crippen LogP contribution in [0.25, 0.3) is 0 Å². The largest absolute Gasteiger partial charge is 0.487 e.